The van der Waals surface area contributed by atoms with Crippen LogP contribution in [0.25, 0.3) is 11.1 Å². The van der Waals surface area contributed by atoms with Crippen molar-refractivity contribution in [2.24, 2.45) is 7.05 Å². The smallest absolute Gasteiger partial charge is 0.416 e. The van der Waals surface area contributed by atoms with E-state index in [4.69, 9.17) is 4.42 Å². The molecular weight excluding hydrogens is 297 g/mol. The molecule has 0 aliphatic heterocycles. The van der Waals surface area contributed by atoms with Crippen LogP contribution in [-0.4, -0.2) is 10.5 Å². The Morgan fingerprint density at radius 3 is 2.68 bits per heavy atom. The number of alkyl halides is 3. The summed E-state index contributed by atoms with van der Waals surface area (Å²) in [5.74, 6) is -0.506. The Hall–Kier alpha value is -2.70. The van der Waals surface area contributed by atoms with Crippen LogP contribution in [0.2, 0.25) is 0 Å². The molecule has 0 spiro atoms. The van der Waals surface area contributed by atoms with Crippen molar-refractivity contribution in [2.75, 3.05) is 5.32 Å². The second kappa shape index (κ2) is 4.94. The van der Waals surface area contributed by atoms with Crippen molar-refractivity contribution in [2.45, 2.75) is 6.18 Å². The quantitative estimate of drug-likeness (QED) is 0.776. The van der Waals surface area contributed by atoms with Gasteiger partial charge in [0.05, 0.1) is 17.3 Å². The summed E-state index contributed by atoms with van der Waals surface area (Å²) in [6.45, 7) is 0. The standard InChI is InChI=1S/C15H11F3N2O2/c1-20-11-5-6-22-13(11)8-12(20)14(21)19-10-4-2-3-9(7-10)15(16,17)18/h2-8H,1H3,(H,19,21). The number of rotatable bonds is 2. The van der Waals surface area contributed by atoms with Gasteiger partial charge in [-0.2, -0.15) is 13.2 Å². The fourth-order valence-electron chi connectivity index (χ4n) is 2.24. The zero-order chi connectivity index (χ0) is 15.9. The lowest BCUT2D eigenvalue weighted by atomic mass is 10.2. The highest BCUT2D eigenvalue weighted by Gasteiger charge is 2.30. The molecule has 0 saturated heterocycles. The number of aromatic nitrogens is 1. The highest BCUT2D eigenvalue weighted by atomic mass is 19.4. The van der Waals surface area contributed by atoms with Crippen LogP contribution in [0.1, 0.15) is 16.1 Å². The van der Waals surface area contributed by atoms with Crippen LogP contribution < -0.4 is 5.32 Å². The van der Waals surface area contributed by atoms with E-state index in [1.54, 1.807) is 17.7 Å². The number of hydrogen-bond acceptors (Lipinski definition) is 2. The monoisotopic (exact) mass is 308 g/mol. The molecule has 1 N–H and O–H groups in total. The molecule has 0 aliphatic carbocycles. The third-order valence-electron chi connectivity index (χ3n) is 3.34. The van der Waals surface area contributed by atoms with Gasteiger partial charge < -0.3 is 14.3 Å². The summed E-state index contributed by atoms with van der Waals surface area (Å²) in [5.41, 5.74) is 0.834. The third kappa shape index (κ3) is 2.45. The van der Waals surface area contributed by atoms with Gasteiger partial charge in [0.15, 0.2) is 5.58 Å². The van der Waals surface area contributed by atoms with Gasteiger partial charge in [0.1, 0.15) is 5.69 Å². The number of nitrogens with zero attached hydrogens (tertiary/aromatic N) is 1. The average molecular weight is 308 g/mol. The molecule has 22 heavy (non-hydrogen) atoms. The highest BCUT2D eigenvalue weighted by Crippen LogP contribution is 2.30. The summed E-state index contributed by atoms with van der Waals surface area (Å²) in [5, 5.41) is 2.46. The van der Waals surface area contributed by atoms with Gasteiger partial charge in [-0.1, -0.05) is 6.07 Å². The summed E-state index contributed by atoms with van der Waals surface area (Å²) in [4.78, 5) is 12.2. The summed E-state index contributed by atoms with van der Waals surface area (Å²) >= 11 is 0. The van der Waals surface area contributed by atoms with Crippen LogP contribution in [0.4, 0.5) is 18.9 Å². The number of nitrogens with one attached hydrogen (secondary N) is 1. The summed E-state index contributed by atoms with van der Waals surface area (Å²) in [6.07, 6.45) is -2.95. The van der Waals surface area contributed by atoms with Gasteiger partial charge >= 0.3 is 6.18 Å². The summed E-state index contributed by atoms with van der Waals surface area (Å²) < 4.78 is 44.8. The summed E-state index contributed by atoms with van der Waals surface area (Å²) in [7, 11) is 1.68. The number of benzene rings is 1. The van der Waals surface area contributed by atoms with E-state index in [9.17, 15) is 18.0 Å². The van der Waals surface area contributed by atoms with Gasteiger partial charge in [0.25, 0.3) is 5.91 Å². The molecule has 0 saturated carbocycles. The maximum atomic E-state index is 12.7. The highest BCUT2D eigenvalue weighted by molar-refractivity contribution is 6.05. The lowest BCUT2D eigenvalue weighted by Gasteiger charge is -2.10. The van der Waals surface area contributed by atoms with Crippen molar-refractivity contribution < 1.29 is 22.4 Å². The van der Waals surface area contributed by atoms with Crippen molar-refractivity contribution in [3.05, 3.63) is 53.9 Å². The Labute approximate surface area is 123 Å². The molecule has 0 bridgehead atoms. The normalized spacial score (nSPS) is 11.8. The molecule has 1 amide bonds. The van der Waals surface area contributed by atoms with E-state index >= 15 is 0 Å². The minimum atomic E-state index is -4.45. The minimum Gasteiger partial charge on any atom is -0.463 e. The number of furan rings is 1. The molecule has 0 aliphatic rings. The van der Waals surface area contributed by atoms with E-state index in [2.05, 4.69) is 5.32 Å². The van der Waals surface area contributed by atoms with Gasteiger partial charge in [-0.15, -0.1) is 0 Å². The van der Waals surface area contributed by atoms with E-state index < -0.39 is 17.6 Å². The number of fused-ring (bicyclic) bond motifs is 1. The van der Waals surface area contributed by atoms with E-state index in [1.807, 2.05) is 0 Å². The van der Waals surface area contributed by atoms with Crippen molar-refractivity contribution in [3.63, 3.8) is 0 Å². The van der Waals surface area contributed by atoms with Crippen LogP contribution in [0.3, 0.4) is 0 Å². The maximum absolute atomic E-state index is 12.7. The number of aryl methyl sites for hydroxylation is 1. The number of anilines is 1. The van der Waals surface area contributed by atoms with E-state index in [0.29, 0.717) is 11.3 Å². The number of hydrogen-bond donors (Lipinski definition) is 1. The predicted octanol–water partition coefficient (Wildman–Crippen LogP) is 4.04. The molecule has 2 aromatic heterocycles. The Morgan fingerprint density at radius 2 is 2.00 bits per heavy atom. The molecule has 0 fully saturated rings. The van der Waals surface area contributed by atoms with Gasteiger partial charge in [-0.25, -0.2) is 0 Å². The lowest BCUT2D eigenvalue weighted by molar-refractivity contribution is -0.137. The molecule has 2 heterocycles. The molecule has 4 nitrogen and oxygen atoms in total. The Kier molecular flexibility index (Phi) is 3.20. The fraction of sp³-hybridized carbons (Fsp3) is 0.133. The van der Waals surface area contributed by atoms with Gasteiger partial charge in [-0.3, -0.25) is 4.79 Å². The lowest BCUT2D eigenvalue weighted by Crippen LogP contribution is -2.16. The number of carbonyl (C=O) groups is 1. The fourth-order valence-corrected chi connectivity index (χ4v) is 2.24. The van der Waals surface area contributed by atoms with E-state index in [1.165, 1.54) is 24.5 Å². The van der Waals surface area contributed by atoms with Gasteiger partial charge in [0, 0.05) is 24.9 Å². The number of amides is 1. The van der Waals surface area contributed by atoms with Crippen molar-refractivity contribution in [3.8, 4) is 0 Å². The molecule has 1 aromatic carbocycles. The van der Waals surface area contributed by atoms with Crippen LogP contribution in [0, 0.1) is 0 Å². The first-order chi connectivity index (χ1) is 10.4. The summed E-state index contributed by atoms with van der Waals surface area (Å²) in [6, 6.07) is 7.74. The predicted molar refractivity (Wildman–Crippen MR) is 74.6 cm³/mol. The molecule has 0 unspecified atom stereocenters. The topological polar surface area (TPSA) is 47.2 Å². The Bertz CT molecular complexity index is 846. The second-order valence-electron chi connectivity index (χ2n) is 4.79. The van der Waals surface area contributed by atoms with Gasteiger partial charge in [0.2, 0.25) is 0 Å². The zero-order valence-electron chi connectivity index (χ0n) is 11.4. The first-order valence-electron chi connectivity index (χ1n) is 6.38. The van der Waals surface area contributed by atoms with E-state index in [0.717, 1.165) is 17.6 Å². The number of carbonyl (C=O) groups excluding carboxylic acids is 1. The molecule has 114 valence electrons. The number of halogens is 3. The van der Waals surface area contributed by atoms with Crippen molar-refractivity contribution in [1.29, 1.82) is 0 Å². The zero-order valence-corrected chi connectivity index (χ0v) is 11.4. The molecular formula is C15H11F3N2O2. The van der Waals surface area contributed by atoms with Crippen molar-refractivity contribution in [1.82, 2.24) is 4.57 Å². The van der Waals surface area contributed by atoms with Crippen LogP contribution in [0.15, 0.2) is 47.1 Å². The van der Waals surface area contributed by atoms with Crippen LogP contribution in [0.5, 0.6) is 0 Å². The van der Waals surface area contributed by atoms with Crippen LogP contribution in [-0.2, 0) is 13.2 Å². The molecule has 3 rings (SSSR count). The van der Waals surface area contributed by atoms with Crippen molar-refractivity contribution >= 4 is 22.7 Å². The van der Waals surface area contributed by atoms with Gasteiger partial charge in [-0.05, 0) is 18.2 Å². The average Bonchev–Trinajstić information content (AvgIpc) is 3.01. The molecule has 7 heteroatoms. The minimum absolute atomic E-state index is 0.0812. The molecule has 3 aromatic rings. The molecule has 0 radical (unpaired) electrons. The van der Waals surface area contributed by atoms with Crippen LogP contribution >= 0.6 is 0 Å². The third-order valence-corrected chi connectivity index (χ3v) is 3.34. The Morgan fingerprint density at radius 1 is 1.23 bits per heavy atom. The van der Waals surface area contributed by atoms with E-state index in [-0.39, 0.29) is 5.69 Å². The second-order valence-corrected chi connectivity index (χ2v) is 4.79. The first kappa shape index (κ1) is 14.2. The Balaban J connectivity index is 1.88. The first-order valence-corrected chi connectivity index (χ1v) is 6.38. The molecule has 0 atom stereocenters. The largest absolute Gasteiger partial charge is 0.463 e. The SMILES string of the molecule is Cn1c(C(=O)Nc2cccc(C(F)(F)F)c2)cc2occc21. The maximum Gasteiger partial charge on any atom is 0.416 e.